The highest BCUT2D eigenvalue weighted by atomic mass is 32.1. The van der Waals surface area contributed by atoms with Crippen molar-refractivity contribution in [2.24, 2.45) is 11.7 Å². The van der Waals surface area contributed by atoms with Crippen molar-refractivity contribution in [3.63, 3.8) is 0 Å². The molecule has 1 heterocycles. The van der Waals surface area contributed by atoms with Crippen molar-refractivity contribution in [3.8, 4) is 0 Å². The molecule has 0 aliphatic carbocycles. The quantitative estimate of drug-likeness (QED) is 0.796. The normalized spacial score (nSPS) is 13.7. The van der Waals surface area contributed by atoms with Crippen LogP contribution in [0.4, 0.5) is 0 Å². The summed E-state index contributed by atoms with van der Waals surface area (Å²) in [6.45, 7) is 10.7. The van der Waals surface area contributed by atoms with Crippen LogP contribution in [0.5, 0.6) is 0 Å². The zero-order valence-corrected chi connectivity index (χ0v) is 13.8. The van der Waals surface area contributed by atoms with Gasteiger partial charge in [0.15, 0.2) is 0 Å². The van der Waals surface area contributed by atoms with E-state index in [4.69, 9.17) is 5.73 Å². The molecule has 0 aliphatic heterocycles. The van der Waals surface area contributed by atoms with Gasteiger partial charge in [-0.2, -0.15) is 0 Å². The van der Waals surface area contributed by atoms with Crippen molar-refractivity contribution >= 4 is 11.3 Å². The molecule has 1 rings (SSSR count). The van der Waals surface area contributed by atoms with Gasteiger partial charge in [0.25, 0.3) is 0 Å². The second-order valence-corrected chi connectivity index (χ2v) is 7.21. The van der Waals surface area contributed by atoms with Gasteiger partial charge in [-0.05, 0) is 39.1 Å². The first kappa shape index (κ1) is 16.6. The van der Waals surface area contributed by atoms with E-state index in [9.17, 15) is 0 Å². The molecule has 2 N–H and O–H groups in total. The van der Waals surface area contributed by atoms with Gasteiger partial charge in [-0.25, -0.2) is 0 Å². The van der Waals surface area contributed by atoms with E-state index in [0.29, 0.717) is 18.5 Å². The molecule has 1 unspecified atom stereocenters. The van der Waals surface area contributed by atoms with Gasteiger partial charge in [0.2, 0.25) is 0 Å². The molecule has 0 spiro atoms. The molecule has 0 saturated carbocycles. The molecule has 0 amide bonds. The molecule has 1 atom stereocenters. The third-order valence-electron chi connectivity index (χ3n) is 3.19. The Morgan fingerprint density at radius 2 is 1.89 bits per heavy atom. The van der Waals surface area contributed by atoms with Crippen molar-refractivity contribution in [1.82, 2.24) is 9.80 Å². The zero-order valence-electron chi connectivity index (χ0n) is 13.0. The number of nitrogens with zero attached hydrogens (tertiary/aromatic N) is 2. The number of hydrogen-bond donors (Lipinski definition) is 1. The third-order valence-corrected chi connectivity index (χ3v) is 4.29. The molecule has 0 bridgehead atoms. The van der Waals surface area contributed by atoms with Crippen LogP contribution < -0.4 is 5.73 Å². The summed E-state index contributed by atoms with van der Waals surface area (Å²) in [6, 6.07) is 4.80. The van der Waals surface area contributed by atoms with Gasteiger partial charge in [-0.3, -0.25) is 4.90 Å². The Labute approximate surface area is 122 Å². The lowest BCUT2D eigenvalue weighted by Crippen LogP contribution is -2.40. The van der Waals surface area contributed by atoms with Crippen LogP contribution in [0.1, 0.15) is 29.6 Å². The highest BCUT2D eigenvalue weighted by molar-refractivity contribution is 7.12. The summed E-state index contributed by atoms with van der Waals surface area (Å²) in [5.41, 5.74) is 6.05. The van der Waals surface area contributed by atoms with Crippen LogP contribution in [0.3, 0.4) is 0 Å². The van der Waals surface area contributed by atoms with Gasteiger partial charge in [0.05, 0.1) is 6.04 Å². The minimum Gasteiger partial charge on any atom is -0.329 e. The lowest BCUT2D eigenvalue weighted by Gasteiger charge is -2.32. The summed E-state index contributed by atoms with van der Waals surface area (Å²) in [7, 11) is 4.25. The minimum absolute atomic E-state index is 0.362. The smallest absolute Gasteiger partial charge is 0.0564 e. The van der Waals surface area contributed by atoms with Crippen LogP contribution in [-0.2, 0) is 0 Å². The van der Waals surface area contributed by atoms with Crippen LogP contribution in [0.25, 0.3) is 0 Å². The summed E-state index contributed by atoms with van der Waals surface area (Å²) < 4.78 is 0. The van der Waals surface area contributed by atoms with Crippen molar-refractivity contribution in [2.75, 3.05) is 40.3 Å². The van der Waals surface area contributed by atoms with Crippen molar-refractivity contribution in [2.45, 2.75) is 26.8 Å². The third kappa shape index (κ3) is 5.61. The van der Waals surface area contributed by atoms with Crippen LogP contribution >= 0.6 is 11.3 Å². The summed E-state index contributed by atoms with van der Waals surface area (Å²) in [5.74, 6) is 0.664. The first-order chi connectivity index (χ1) is 8.93. The lowest BCUT2D eigenvalue weighted by molar-refractivity contribution is 0.166. The van der Waals surface area contributed by atoms with Gasteiger partial charge in [0, 0.05) is 35.9 Å². The van der Waals surface area contributed by atoms with Crippen LogP contribution in [0.15, 0.2) is 12.1 Å². The molecule has 0 radical (unpaired) electrons. The predicted molar refractivity (Wildman–Crippen MR) is 85.8 cm³/mol. The number of nitrogens with two attached hydrogens (primary N) is 1. The van der Waals surface area contributed by atoms with E-state index in [2.05, 4.69) is 56.8 Å². The fraction of sp³-hybridized carbons (Fsp3) is 0.733. The first-order valence-electron chi connectivity index (χ1n) is 7.09. The first-order valence-corrected chi connectivity index (χ1v) is 7.90. The maximum Gasteiger partial charge on any atom is 0.0564 e. The Kier molecular flexibility index (Phi) is 7.00. The monoisotopic (exact) mass is 283 g/mol. The Morgan fingerprint density at radius 1 is 1.21 bits per heavy atom. The van der Waals surface area contributed by atoms with E-state index in [1.807, 2.05) is 11.3 Å². The number of hydrogen-bond acceptors (Lipinski definition) is 4. The van der Waals surface area contributed by atoms with Gasteiger partial charge >= 0.3 is 0 Å². The lowest BCUT2D eigenvalue weighted by atomic mass is 10.1. The highest BCUT2D eigenvalue weighted by Crippen LogP contribution is 2.27. The number of aryl methyl sites for hydroxylation is 1. The molecular weight excluding hydrogens is 254 g/mol. The van der Waals surface area contributed by atoms with Crippen LogP contribution in [-0.4, -0.2) is 50.1 Å². The number of rotatable bonds is 8. The van der Waals surface area contributed by atoms with Crippen LogP contribution in [0, 0.1) is 12.8 Å². The molecule has 0 fully saturated rings. The van der Waals surface area contributed by atoms with E-state index in [0.717, 1.165) is 19.6 Å². The molecule has 0 saturated heterocycles. The standard InChI is InChI=1S/C15H29N3S/c1-12(2)11-18(9-8-17(4)5)14(10-16)15-7-6-13(3)19-15/h6-7,12,14H,8-11,16H2,1-5H3. The molecule has 4 heteroatoms. The largest absolute Gasteiger partial charge is 0.329 e. The van der Waals surface area contributed by atoms with Gasteiger partial charge < -0.3 is 10.6 Å². The Morgan fingerprint density at radius 3 is 2.32 bits per heavy atom. The highest BCUT2D eigenvalue weighted by Gasteiger charge is 2.21. The van der Waals surface area contributed by atoms with Crippen molar-refractivity contribution in [1.29, 1.82) is 0 Å². The second kappa shape index (κ2) is 8.00. The Hall–Kier alpha value is -0.420. The molecule has 19 heavy (non-hydrogen) atoms. The SMILES string of the molecule is Cc1ccc(C(CN)N(CCN(C)C)CC(C)C)s1. The molecule has 0 aliphatic rings. The number of likely N-dealkylation sites (N-methyl/N-ethyl adjacent to an activating group) is 1. The summed E-state index contributed by atoms with van der Waals surface area (Å²) in [4.78, 5) is 7.54. The maximum atomic E-state index is 6.05. The average molecular weight is 283 g/mol. The minimum atomic E-state index is 0.362. The topological polar surface area (TPSA) is 32.5 Å². The van der Waals surface area contributed by atoms with Crippen molar-refractivity contribution < 1.29 is 0 Å². The molecule has 1 aromatic rings. The molecular formula is C15H29N3S. The Bertz CT molecular complexity index is 360. The zero-order chi connectivity index (χ0) is 14.4. The van der Waals surface area contributed by atoms with E-state index >= 15 is 0 Å². The van der Waals surface area contributed by atoms with E-state index in [1.54, 1.807) is 0 Å². The Balaban J connectivity index is 2.79. The van der Waals surface area contributed by atoms with Gasteiger partial charge in [-0.1, -0.05) is 13.8 Å². The van der Waals surface area contributed by atoms with Gasteiger partial charge in [-0.15, -0.1) is 11.3 Å². The molecule has 0 aromatic carbocycles. The summed E-state index contributed by atoms with van der Waals surface area (Å²) >= 11 is 1.87. The van der Waals surface area contributed by atoms with Gasteiger partial charge in [0.1, 0.15) is 0 Å². The summed E-state index contributed by atoms with van der Waals surface area (Å²) in [6.07, 6.45) is 0. The summed E-state index contributed by atoms with van der Waals surface area (Å²) in [5, 5.41) is 0. The van der Waals surface area contributed by atoms with Crippen molar-refractivity contribution in [3.05, 3.63) is 21.9 Å². The van der Waals surface area contributed by atoms with E-state index in [1.165, 1.54) is 9.75 Å². The molecule has 3 nitrogen and oxygen atoms in total. The fourth-order valence-corrected chi connectivity index (χ4v) is 3.27. The maximum absolute atomic E-state index is 6.05. The molecule has 110 valence electrons. The van der Waals surface area contributed by atoms with Crippen LogP contribution in [0.2, 0.25) is 0 Å². The number of thiophene rings is 1. The van der Waals surface area contributed by atoms with E-state index < -0.39 is 0 Å². The average Bonchev–Trinajstić information content (AvgIpc) is 2.72. The fourth-order valence-electron chi connectivity index (χ4n) is 2.25. The molecule has 1 aromatic heterocycles. The van der Waals surface area contributed by atoms with E-state index in [-0.39, 0.29) is 0 Å². The second-order valence-electron chi connectivity index (χ2n) is 5.89. The predicted octanol–water partition coefficient (Wildman–Crippen LogP) is 2.58.